The molecule has 5 rings (SSSR count). The molecule has 1 amide bonds. The maximum atomic E-state index is 12.9. The summed E-state index contributed by atoms with van der Waals surface area (Å²) in [6, 6.07) is 21.0. The number of nitrogens with zero attached hydrogens (tertiary/aromatic N) is 2. The van der Waals surface area contributed by atoms with Gasteiger partial charge >= 0.3 is 16.6 Å². The zero-order valence-electron chi connectivity index (χ0n) is 19.3. The Kier molecular flexibility index (Phi) is 6.92. The molecular weight excluding hydrogens is 503 g/mol. The Hall–Kier alpha value is -3.08. The first kappa shape index (κ1) is 24.6. The smallest absolute Gasteiger partial charge is 0.448 e. The number of ether oxygens (including phenoxy) is 1. The van der Waals surface area contributed by atoms with Gasteiger partial charge in [-0.1, -0.05) is 52.4 Å². The van der Waals surface area contributed by atoms with Gasteiger partial charge in [-0.25, -0.2) is 4.79 Å². The van der Waals surface area contributed by atoms with E-state index in [1.165, 1.54) is 34.4 Å². The van der Waals surface area contributed by atoms with Crippen LogP contribution in [0, 0.1) is 0 Å². The second-order valence-corrected chi connectivity index (χ2v) is 10.3. The molecule has 0 unspecified atom stereocenters. The van der Waals surface area contributed by atoms with Crippen molar-refractivity contribution in [3.63, 3.8) is 0 Å². The van der Waals surface area contributed by atoms with Crippen LogP contribution in [0.2, 0.25) is 0 Å². The maximum absolute atomic E-state index is 12.9. The van der Waals surface area contributed by atoms with Gasteiger partial charge in [0.15, 0.2) is 0 Å². The minimum absolute atomic E-state index is 0.0145. The third kappa shape index (κ3) is 5.50. The van der Waals surface area contributed by atoms with Crippen LogP contribution in [-0.2, 0) is 21.8 Å². The number of fused-ring (bicyclic) bond motifs is 3. The van der Waals surface area contributed by atoms with Gasteiger partial charge in [-0.15, -0.1) is 12.6 Å². The van der Waals surface area contributed by atoms with E-state index in [-0.39, 0.29) is 24.4 Å². The minimum Gasteiger partial charge on any atom is -0.448 e. The summed E-state index contributed by atoms with van der Waals surface area (Å²) in [5.41, 5.74) is 5.45. The molecule has 3 aromatic rings. The van der Waals surface area contributed by atoms with Crippen molar-refractivity contribution in [2.75, 3.05) is 32.8 Å². The summed E-state index contributed by atoms with van der Waals surface area (Å²) >= 11 is 4.24. The van der Waals surface area contributed by atoms with Gasteiger partial charge in [0, 0.05) is 43.5 Å². The lowest BCUT2D eigenvalue weighted by Gasteiger charge is -2.34. The molecule has 0 atom stereocenters. The van der Waals surface area contributed by atoms with Crippen LogP contribution < -0.4 is 4.18 Å². The number of carbonyl (C=O) groups excluding carboxylic acids is 1. The average Bonchev–Trinajstić information content (AvgIpc) is 3.15. The van der Waals surface area contributed by atoms with Gasteiger partial charge in [0.1, 0.15) is 12.4 Å². The molecular formula is C26H25FN2O5S2. The van der Waals surface area contributed by atoms with Gasteiger partial charge in [0.25, 0.3) is 0 Å². The van der Waals surface area contributed by atoms with Crippen LogP contribution in [0.3, 0.4) is 0 Å². The molecule has 1 saturated heterocycles. The highest BCUT2D eigenvalue weighted by Crippen LogP contribution is 2.44. The monoisotopic (exact) mass is 528 g/mol. The van der Waals surface area contributed by atoms with Gasteiger partial charge in [0.05, 0.1) is 0 Å². The number of halogens is 1. The van der Waals surface area contributed by atoms with Gasteiger partial charge in [0.2, 0.25) is 0 Å². The third-order valence-electron chi connectivity index (χ3n) is 6.52. The van der Waals surface area contributed by atoms with Crippen LogP contribution >= 0.6 is 12.6 Å². The number of hydrogen-bond donors (Lipinski definition) is 1. The third-order valence-corrected chi connectivity index (χ3v) is 7.17. The minimum atomic E-state index is -5.11. The number of rotatable bonds is 6. The van der Waals surface area contributed by atoms with Gasteiger partial charge in [-0.3, -0.25) is 4.90 Å². The summed E-state index contributed by atoms with van der Waals surface area (Å²) in [4.78, 5) is 17.1. The molecule has 1 aliphatic carbocycles. The number of hydrogen-bond acceptors (Lipinski definition) is 7. The van der Waals surface area contributed by atoms with Gasteiger partial charge in [-0.2, -0.15) is 8.42 Å². The zero-order chi connectivity index (χ0) is 25.3. The van der Waals surface area contributed by atoms with Crippen molar-refractivity contribution in [3.8, 4) is 16.9 Å². The summed E-state index contributed by atoms with van der Waals surface area (Å²) < 4.78 is 44.6. The largest absolute Gasteiger partial charge is 0.488 e. The van der Waals surface area contributed by atoms with Crippen molar-refractivity contribution in [3.05, 3.63) is 83.4 Å². The summed E-state index contributed by atoms with van der Waals surface area (Å²) in [5, 5.41) is 0. The molecule has 0 N–H and O–H groups in total. The molecule has 1 heterocycles. The van der Waals surface area contributed by atoms with Crippen molar-refractivity contribution >= 4 is 29.2 Å². The van der Waals surface area contributed by atoms with Crippen LogP contribution in [0.25, 0.3) is 11.1 Å². The molecule has 36 heavy (non-hydrogen) atoms. The average molecular weight is 529 g/mol. The Morgan fingerprint density at radius 1 is 0.944 bits per heavy atom. The predicted molar refractivity (Wildman–Crippen MR) is 136 cm³/mol. The highest BCUT2D eigenvalue weighted by Gasteiger charge is 2.30. The maximum Gasteiger partial charge on any atom is 0.488 e. The number of carbonyl (C=O) groups is 1. The Morgan fingerprint density at radius 3 is 2.17 bits per heavy atom. The van der Waals surface area contributed by atoms with Crippen LogP contribution in [0.4, 0.5) is 8.68 Å². The molecule has 0 aromatic heterocycles. The van der Waals surface area contributed by atoms with Gasteiger partial charge in [-0.05, 0) is 46.0 Å². The molecule has 1 aliphatic heterocycles. The molecule has 0 spiro atoms. The topological polar surface area (TPSA) is 76.2 Å². The highest BCUT2D eigenvalue weighted by atomic mass is 32.3. The molecule has 0 radical (unpaired) electrons. The van der Waals surface area contributed by atoms with E-state index in [1.807, 2.05) is 24.3 Å². The van der Waals surface area contributed by atoms with Gasteiger partial charge < -0.3 is 13.8 Å². The Morgan fingerprint density at radius 2 is 1.56 bits per heavy atom. The fourth-order valence-corrected chi connectivity index (χ4v) is 5.55. The molecule has 3 aromatic carbocycles. The molecule has 2 aliphatic rings. The fourth-order valence-electron chi connectivity index (χ4n) is 4.93. The second kappa shape index (κ2) is 10.1. The molecule has 0 bridgehead atoms. The molecule has 188 valence electrons. The van der Waals surface area contributed by atoms with Crippen LogP contribution in [0.5, 0.6) is 5.75 Å². The molecule has 10 heteroatoms. The van der Waals surface area contributed by atoms with Crippen molar-refractivity contribution in [2.24, 2.45) is 0 Å². The van der Waals surface area contributed by atoms with E-state index in [2.05, 4.69) is 46.0 Å². The van der Waals surface area contributed by atoms with E-state index in [0.717, 1.165) is 5.56 Å². The van der Waals surface area contributed by atoms with Crippen molar-refractivity contribution in [2.45, 2.75) is 17.4 Å². The quantitative estimate of drug-likeness (QED) is 0.371. The Labute approximate surface area is 215 Å². The summed E-state index contributed by atoms with van der Waals surface area (Å²) in [6.45, 7) is 2.98. The van der Waals surface area contributed by atoms with E-state index in [9.17, 15) is 17.1 Å². The lowest BCUT2D eigenvalue weighted by molar-refractivity contribution is 0.0728. The second-order valence-electron chi connectivity index (χ2n) is 8.88. The van der Waals surface area contributed by atoms with Crippen molar-refractivity contribution in [1.29, 1.82) is 0 Å². The lowest BCUT2D eigenvalue weighted by atomic mass is 9.98. The first-order valence-corrected chi connectivity index (χ1v) is 13.3. The predicted octanol–water partition coefficient (Wildman–Crippen LogP) is 4.64. The Bertz CT molecular complexity index is 1350. The van der Waals surface area contributed by atoms with E-state index in [1.54, 1.807) is 11.0 Å². The van der Waals surface area contributed by atoms with Crippen LogP contribution in [0.15, 0.2) is 71.6 Å². The number of piperazine rings is 1. The van der Waals surface area contributed by atoms with E-state index in [0.29, 0.717) is 37.6 Å². The SMILES string of the molecule is O=C(OCC1c2ccccc2-c2ccccc21)N1CCN(Cc2cc(S)cc(OS(=O)(=O)F)c2)CC1. The molecule has 1 fully saturated rings. The van der Waals surface area contributed by atoms with Crippen LogP contribution in [0.1, 0.15) is 22.6 Å². The fraction of sp³-hybridized carbons (Fsp3) is 0.269. The first-order chi connectivity index (χ1) is 17.3. The summed E-state index contributed by atoms with van der Waals surface area (Å²) in [7, 11) is -5.11. The van der Waals surface area contributed by atoms with E-state index < -0.39 is 10.5 Å². The molecule has 0 saturated carbocycles. The standard InChI is InChI=1S/C26H25FN2O5S2/c27-36(31,32)34-19-13-18(14-20(35)15-19)16-28-9-11-29(12-10-28)26(30)33-17-25-23-7-3-1-5-21(23)22-6-2-4-8-24(22)25/h1-8,13-15,25,35H,9-12,16-17H2. The summed E-state index contributed by atoms with van der Waals surface area (Å²) in [6.07, 6.45) is -0.335. The number of amides is 1. The van der Waals surface area contributed by atoms with Crippen molar-refractivity contribution in [1.82, 2.24) is 9.80 Å². The summed E-state index contributed by atoms with van der Waals surface area (Å²) in [5.74, 6) is -0.113. The highest BCUT2D eigenvalue weighted by molar-refractivity contribution is 7.81. The molecule has 7 nitrogen and oxygen atoms in total. The number of thiol groups is 1. The number of benzene rings is 3. The van der Waals surface area contributed by atoms with Crippen LogP contribution in [-0.4, -0.2) is 57.1 Å². The van der Waals surface area contributed by atoms with E-state index >= 15 is 0 Å². The lowest BCUT2D eigenvalue weighted by Crippen LogP contribution is -2.48. The Balaban J connectivity index is 1.16. The normalized spacial score (nSPS) is 15.9. The first-order valence-electron chi connectivity index (χ1n) is 11.6. The van der Waals surface area contributed by atoms with E-state index in [4.69, 9.17) is 4.74 Å². The zero-order valence-corrected chi connectivity index (χ0v) is 21.1. The van der Waals surface area contributed by atoms with Crippen molar-refractivity contribution < 1.29 is 26.0 Å².